The maximum Gasteiger partial charge on any atom is 0.0653 e. The molecule has 1 saturated heterocycles. The molecule has 1 aromatic carbocycles. The topological polar surface area (TPSA) is 52.7 Å². The second kappa shape index (κ2) is 5.11. The molecule has 0 saturated carbocycles. The molecular formula is C17H26N4. The van der Waals surface area contributed by atoms with Crippen LogP contribution in [0.2, 0.25) is 0 Å². The van der Waals surface area contributed by atoms with Gasteiger partial charge in [-0.05, 0) is 52.2 Å². The van der Waals surface area contributed by atoms with E-state index in [4.69, 9.17) is 0 Å². The summed E-state index contributed by atoms with van der Waals surface area (Å²) in [6.45, 7) is 10.1. The third-order valence-corrected chi connectivity index (χ3v) is 4.29. The molecule has 0 radical (unpaired) electrons. The van der Waals surface area contributed by atoms with E-state index in [0.29, 0.717) is 6.04 Å². The van der Waals surface area contributed by atoms with Crippen molar-refractivity contribution >= 4 is 10.9 Å². The predicted molar refractivity (Wildman–Crippen MR) is 87.2 cm³/mol. The fourth-order valence-corrected chi connectivity index (χ4v) is 3.82. The molecule has 4 nitrogen and oxygen atoms in total. The number of hydrogen-bond acceptors (Lipinski definition) is 3. The summed E-state index contributed by atoms with van der Waals surface area (Å²) in [5.74, 6) is 0. The molecule has 1 aliphatic heterocycles. The summed E-state index contributed by atoms with van der Waals surface area (Å²) >= 11 is 0. The first-order valence-electron chi connectivity index (χ1n) is 7.78. The van der Waals surface area contributed by atoms with Gasteiger partial charge < -0.3 is 10.6 Å². The van der Waals surface area contributed by atoms with Crippen molar-refractivity contribution in [1.29, 1.82) is 0 Å². The Balaban J connectivity index is 1.66. The molecule has 0 bridgehead atoms. The zero-order chi connectivity index (χ0) is 15.1. The van der Waals surface area contributed by atoms with E-state index in [-0.39, 0.29) is 11.1 Å². The summed E-state index contributed by atoms with van der Waals surface area (Å²) in [6, 6.07) is 7.05. The molecule has 4 heteroatoms. The predicted octanol–water partition coefficient (Wildman–Crippen LogP) is 2.96. The van der Waals surface area contributed by atoms with Crippen molar-refractivity contribution in [3.63, 3.8) is 0 Å². The number of nitrogens with one attached hydrogen (secondary N) is 3. The number of H-pyrrole nitrogens is 1. The van der Waals surface area contributed by atoms with Crippen LogP contribution in [-0.2, 0) is 6.54 Å². The van der Waals surface area contributed by atoms with Crippen LogP contribution in [0.4, 0.5) is 0 Å². The van der Waals surface area contributed by atoms with Gasteiger partial charge in [-0.1, -0.05) is 12.1 Å². The van der Waals surface area contributed by atoms with Gasteiger partial charge in [-0.15, -0.1) is 0 Å². The van der Waals surface area contributed by atoms with E-state index in [1.54, 1.807) is 0 Å². The molecule has 3 N–H and O–H groups in total. The van der Waals surface area contributed by atoms with Crippen LogP contribution >= 0.6 is 0 Å². The van der Waals surface area contributed by atoms with E-state index >= 15 is 0 Å². The lowest BCUT2D eigenvalue weighted by Gasteiger charge is -2.46. The molecule has 0 atom stereocenters. The van der Waals surface area contributed by atoms with Crippen molar-refractivity contribution in [2.75, 3.05) is 0 Å². The van der Waals surface area contributed by atoms with Crippen LogP contribution in [0.3, 0.4) is 0 Å². The van der Waals surface area contributed by atoms with Gasteiger partial charge in [-0.3, -0.25) is 5.10 Å². The van der Waals surface area contributed by atoms with Crippen LogP contribution in [0.25, 0.3) is 10.9 Å². The Morgan fingerprint density at radius 2 is 1.90 bits per heavy atom. The SMILES string of the molecule is CC1(C)CC(NCc2ccc3cn[nH]c3c2)CC(C)(C)N1. The molecule has 2 heterocycles. The summed E-state index contributed by atoms with van der Waals surface area (Å²) in [6.07, 6.45) is 4.18. The highest BCUT2D eigenvalue weighted by Crippen LogP contribution is 2.28. The summed E-state index contributed by atoms with van der Waals surface area (Å²) in [7, 11) is 0. The summed E-state index contributed by atoms with van der Waals surface area (Å²) in [5.41, 5.74) is 2.79. The van der Waals surface area contributed by atoms with Gasteiger partial charge in [0.1, 0.15) is 0 Å². The number of rotatable bonds is 3. The number of hydrogen-bond donors (Lipinski definition) is 3. The smallest absolute Gasteiger partial charge is 0.0653 e. The largest absolute Gasteiger partial charge is 0.310 e. The lowest BCUT2D eigenvalue weighted by atomic mass is 9.79. The summed E-state index contributed by atoms with van der Waals surface area (Å²) < 4.78 is 0. The standard InChI is InChI=1S/C17H26N4/c1-16(2)8-14(9-17(3,4)21-16)18-10-12-5-6-13-11-19-20-15(13)7-12/h5-7,11,14,18,21H,8-10H2,1-4H3,(H,19,20). The number of aromatic amines is 1. The van der Waals surface area contributed by atoms with Crippen LogP contribution < -0.4 is 10.6 Å². The van der Waals surface area contributed by atoms with Crippen molar-refractivity contribution in [3.05, 3.63) is 30.0 Å². The van der Waals surface area contributed by atoms with Gasteiger partial charge in [0, 0.05) is 29.1 Å². The van der Waals surface area contributed by atoms with E-state index in [2.05, 4.69) is 66.7 Å². The van der Waals surface area contributed by atoms with Crippen molar-refractivity contribution in [2.45, 2.75) is 64.2 Å². The van der Waals surface area contributed by atoms with Gasteiger partial charge in [0.2, 0.25) is 0 Å². The molecule has 2 aromatic rings. The highest BCUT2D eigenvalue weighted by molar-refractivity contribution is 5.78. The molecular weight excluding hydrogens is 260 g/mol. The van der Waals surface area contributed by atoms with Crippen LogP contribution in [0.5, 0.6) is 0 Å². The van der Waals surface area contributed by atoms with Crippen molar-refractivity contribution < 1.29 is 0 Å². The van der Waals surface area contributed by atoms with Gasteiger partial charge in [-0.25, -0.2) is 0 Å². The second-order valence-corrected chi connectivity index (χ2v) is 7.67. The van der Waals surface area contributed by atoms with Crippen molar-refractivity contribution in [3.8, 4) is 0 Å². The van der Waals surface area contributed by atoms with Gasteiger partial charge in [-0.2, -0.15) is 5.10 Å². The van der Waals surface area contributed by atoms with Gasteiger partial charge in [0.05, 0.1) is 11.7 Å². The normalized spacial score (nSPS) is 21.7. The van der Waals surface area contributed by atoms with E-state index in [1.165, 1.54) is 10.9 Å². The minimum Gasteiger partial charge on any atom is -0.310 e. The van der Waals surface area contributed by atoms with Crippen LogP contribution in [0, 0.1) is 0 Å². The maximum absolute atomic E-state index is 4.08. The molecule has 114 valence electrons. The Morgan fingerprint density at radius 3 is 2.62 bits per heavy atom. The van der Waals surface area contributed by atoms with Gasteiger partial charge in [0.25, 0.3) is 0 Å². The Labute approximate surface area is 126 Å². The third kappa shape index (κ3) is 3.44. The summed E-state index contributed by atoms with van der Waals surface area (Å²) in [5, 5.41) is 15.7. The molecule has 3 rings (SSSR count). The Morgan fingerprint density at radius 1 is 1.19 bits per heavy atom. The number of benzene rings is 1. The lowest BCUT2D eigenvalue weighted by molar-refractivity contribution is 0.145. The Kier molecular flexibility index (Phi) is 3.54. The molecule has 0 spiro atoms. The lowest BCUT2D eigenvalue weighted by Crippen LogP contribution is -2.61. The Bertz CT molecular complexity index is 611. The quantitative estimate of drug-likeness (QED) is 0.813. The molecule has 21 heavy (non-hydrogen) atoms. The Hall–Kier alpha value is -1.39. The van der Waals surface area contributed by atoms with E-state index in [0.717, 1.165) is 24.9 Å². The van der Waals surface area contributed by atoms with Gasteiger partial charge >= 0.3 is 0 Å². The maximum atomic E-state index is 4.08. The molecule has 0 aliphatic carbocycles. The fraction of sp³-hybridized carbons (Fsp3) is 0.588. The average Bonchev–Trinajstić information content (AvgIpc) is 2.79. The fourth-order valence-electron chi connectivity index (χ4n) is 3.82. The zero-order valence-corrected chi connectivity index (χ0v) is 13.5. The minimum absolute atomic E-state index is 0.187. The van der Waals surface area contributed by atoms with Crippen LogP contribution in [0.1, 0.15) is 46.1 Å². The number of fused-ring (bicyclic) bond motifs is 1. The van der Waals surface area contributed by atoms with Crippen LogP contribution in [0.15, 0.2) is 24.4 Å². The first-order chi connectivity index (χ1) is 9.83. The number of nitrogens with zero attached hydrogens (tertiary/aromatic N) is 1. The first-order valence-corrected chi connectivity index (χ1v) is 7.78. The third-order valence-electron chi connectivity index (χ3n) is 4.29. The second-order valence-electron chi connectivity index (χ2n) is 7.67. The highest BCUT2D eigenvalue weighted by atomic mass is 15.1. The van der Waals surface area contributed by atoms with Crippen molar-refractivity contribution in [1.82, 2.24) is 20.8 Å². The summed E-state index contributed by atoms with van der Waals surface area (Å²) in [4.78, 5) is 0. The zero-order valence-electron chi connectivity index (χ0n) is 13.5. The molecule has 0 unspecified atom stereocenters. The first kappa shape index (κ1) is 14.5. The number of piperidine rings is 1. The molecule has 1 aromatic heterocycles. The molecule has 1 aliphatic rings. The van der Waals surface area contributed by atoms with Crippen LogP contribution in [-0.4, -0.2) is 27.3 Å². The average molecular weight is 286 g/mol. The molecule has 0 amide bonds. The number of aromatic nitrogens is 2. The van der Waals surface area contributed by atoms with E-state index in [1.807, 2.05) is 6.20 Å². The molecule has 1 fully saturated rings. The van der Waals surface area contributed by atoms with E-state index in [9.17, 15) is 0 Å². The monoisotopic (exact) mass is 286 g/mol. The van der Waals surface area contributed by atoms with Crippen molar-refractivity contribution in [2.24, 2.45) is 0 Å². The minimum atomic E-state index is 0.187. The van der Waals surface area contributed by atoms with Gasteiger partial charge in [0.15, 0.2) is 0 Å². The highest BCUT2D eigenvalue weighted by Gasteiger charge is 2.37. The van der Waals surface area contributed by atoms with E-state index < -0.39 is 0 Å².